The minimum atomic E-state index is -0.321. The fraction of sp³-hybridized carbons (Fsp3) is 0.556. The van der Waals surface area contributed by atoms with Crippen LogP contribution in [0.1, 0.15) is 36.8 Å². The minimum absolute atomic E-state index is 0.0911. The van der Waals surface area contributed by atoms with Crippen molar-refractivity contribution in [1.29, 1.82) is 0 Å². The zero-order valence-corrected chi connectivity index (χ0v) is 13.6. The normalized spacial score (nSPS) is 29.0. The molecule has 1 spiro atoms. The number of rotatable bonds is 2. The Morgan fingerprint density at radius 3 is 2.57 bits per heavy atom. The van der Waals surface area contributed by atoms with Crippen LogP contribution in [0.4, 0.5) is 0 Å². The molecular weight excluding hydrogens is 294 g/mol. The number of hydrogen-bond acceptors (Lipinski definition) is 4. The van der Waals surface area contributed by atoms with Crippen LogP contribution in [-0.2, 0) is 21.5 Å². The smallest absolute Gasteiger partial charge is 0.223 e. The van der Waals surface area contributed by atoms with Gasteiger partial charge in [0.2, 0.25) is 5.91 Å². The Bertz CT molecular complexity index is 699. The van der Waals surface area contributed by atoms with Gasteiger partial charge < -0.3 is 14.4 Å². The Balaban J connectivity index is 1.91. The first-order chi connectivity index (χ1) is 11.1. The maximum Gasteiger partial charge on any atom is 0.223 e. The van der Waals surface area contributed by atoms with Gasteiger partial charge in [-0.15, -0.1) is 0 Å². The third-order valence-corrected chi connectivity index (χ3v) is 5.82. The molecule has 1 aromatic rings. The molecule has 1 aliphatic carbocycles. The fourth-order valence-corrected chi connectivity index (χ4v) is 4.81. The molecule has 1 saturated heterocycles. The van der Waals surface area contributed by atoms with Crippen molar-refractivity contribution in [2.45, 2.75) is 37.6 Å². The summed E-state index contributed by atoms with van der Waals surface area (Å²) in [6.45, 7) is 0.728. The molecule has 2 heterocycles. The van der Waals surface area contributed by atoms with Gasteiger partial charge in [-0.3, -0.25) is 9.59 Å². The molecule has 2 atom stereocenters. The van der Waals surface area contributed by atoms with Gasteiger partial charge in [-0.05, 0) is 36.1 Å². The summed E-state index contributed by atoms with van der Waals surface area (Å²) in [7, 11) is 3.27. The van der Waals surface area contributed by atoms with E-state index in [1.165, 1.54) is 5.56 Å². The molecule has 1 aromatic carbocycles. The molecule has 5 heteroatoms. The van der Waals surface area contributed by atoms with Crippen molar-refractivity contribution < 1.29 is 19.1 Å². The molecule has 0 N–H and O–H groups in total. The predicted octanol–water partition coefficient (Wildman–Crippen LogP) is 2.06. The molecule has 2 aliphatic heterocycles. The highest BCUT2D eigenvalue weighted by Gasteiger charge is 2.57. The van der Waals surface area contributed by atoms with Gasteiger partial charge in [0, 0.05) is 31.7 Å². The number of amides is 1. The number of carbonyl (C=O) groups is 2. The van der Waals surface area contributed by atoms with E-state index in [0.29, 0.717) is 25.0 Å². The first kappa shape index (κ1) is 14.5. The fourth-order valence-electron chi connectivity index (χ4n) is 4.81. The number of ether oxygens (including phenoxy) is 2. The van der Waals surface area contributed by atoms with Crippen LogP contribution in [0, 0.1) is 5.92 Å². The topological polar surface area (TPSA) is 55.8 Å². The van der Waals surface area contributed by atoms with E-state index in [2.05, 4.69) is 0 Å². The van der Waals surface area contributed by atoms with Gasteiger partial charge in [0.15, 0.2) is 11.5 Å². The molecule has 0 bridgehead atoms. The lowest BCUT2D eigenvalue weighted by Gasteiger charge is -2.49. The average Bonchev–Trinajstić information content (AvgIpc) is 2.85. The van der Waals surface area contributed by atoms with E-state index in [9.17, 15) is 9.59 Å². The Morgan fingerprint density at radius 1 is 1.09 bits per heavy atom. The molecule has 0 radical (unpaired) electrons. The second-order valence-corrected chi connectivity index (χ2v) is 6.73. The first-order valence-electron chi connectivity index (χ1n) is 8.17. The average molecular weight is 315 g/mol. The number of nitrogens with zero attached hydrogens (tertiary/aromatic N) is 1. The van der Waals surface area contributed by atoms with Gasteiger partial charge in [0.05, 0.1) is 19.8 Å². The summed E-state index contributed by atoms with van der Waals surface area (Å²) in [6, 6.07) is 4.07. The summed E-state index contributed by atoms with van der Waals surface area (Å²) in [5.74, 6) is 1.97. The summed E-state index contributed by atoms with van der Waals surface area (Å²) in [5.41, 5.74) is 2.05. The highest BCUT2D eigenvalue weighted by Crippen LogP contribution is 2.55. The number of fused-ring (bicyclic) bond motifs is 1. The minimum Gasteiger partial charge on any atom is -0.493 e. The maximum atomic E-state index is 12.5. The van der Waals surface area contributed by atoms with Crippen molar-refractivity contribution in [3.8, 4) is 11.5 Å². The van der Waals surface area contributed by atoms with Gasteiger partial charge in [-0.2, -0.15) is 0 Å². The molecule has 23 heavy (non-hydrogen) atoms. The van der Waals surface area contributed by atoms with Crippen LogP contribution in [0.15, 0.2) is 12.1 Å². The zero-order chi connectivity index (χ0) is 16.2. The standard InChI is InChI=1S/C18H21NO4/c1-22-15-7-11-4-6-19-17(21)9-12-8-13(20)3-5-18(12,19)14(11)10-16(15)23-2/h7,10,12H,3-6,8-9H2,1-2H3/t12-,18-/m1/s1. The molecular formula is C18H21NO4. The van der Waals surface area contributed by atoms with Gasteiger partial charge in [0.1, 0.15) is 5.78 Å². The van der Waals surface area contributed by atoms with E-state index in [0.717, 1.165) is 30.7 Å². The molecule has 3 aliphatic rings. The molecule has 122 valence electrons. The number of carbonyl (C=O) groups excluding carboxylic acids is 2. The molecule has 4 rings (SSSR count). The van der Waals surface area contributed by atoms with Crippen LogP contribution < -0.4 is 9.47 Å². The van der Waals surface area contributed by atoms with Crippen LogP contribution in [0.5, 0.6) is 11.5 Å². The molecule has 5 nitrogen and oxygen atoms in total. The zero-order valence-electron chi connectivity index (χ0n) is 13.6. The van der Waals surface area contributed by atoms with Crippen LogP contribution in [0.25, 0.3) is 0 Å². The number of benzene rings is 1. The second kappa shape index (κ2) is 4.98. The largest absolute Gasteiger partial charge is 0.493 e. The molecule has 0 unspecified atom stereocenters. The Morgan fingerprint density at radius 2 is 1.83 bits per heavy atom. The number of ketones is 1. The third-order valence-electron chi connectivity index (χ3n) is 5.82. The van der Waals surface area contributed by atoms with E-state index >= 15 is 0 Å². The van der Waals surface area contributed by atoms with E-state index in [-0.39, 0.29) is 23.1 Å². The number of methoxy groups -OCH3 is 2. The molecule has 1 saturated carbocycles. The highest BCUT2D eigenvalue weighted by atomic mass is 16.5. The molecule has 1 amide bonds. The van der Waals surface area contributed by atoms with Crippen molar-refractivity contribution in [2.24, 2.45) is 5.92 Å². The van der Waals surface area contributed by atoms with Crippen LogP contribution in [-0.4, -0.2) is 37.4 Å². The van der Waals surface area contributed by atoms with Gasteiger partial charge in [-0.1, -0.05) is 0 Å². The highest BCUT2D eigenvalue weighted by molar-refractivity contribution is 5.87. The van der Waals surface area contributed by atoms with E-state index < -0.39 is 0 Å². The summed E-state index contributed by atoms with van der Waals surface area (Å²) in [4.78, 5) is 26.5. The van der Waals surface area contributed by atoms with Crippen LogP contribution in [0.2, 0.25) is 0 Å². The SMILES string of the molecule is COc1cc2c(cc1OC)[C@@]13CCC(=O)C[C@@H]1CC(=O)N3CC2. The molecule has 0 aromatic heterocycles. The number of hydrogen-bond donors (Lipinski definition) is 0. The lowest BCUT2D eigenvalue weighted by atomic mass is 9.66. The quantitative estimate of drug-likeness (QED) is 0.838. The maximum absolute atomic E-state index is 12.5. The summed E-state index contributed by atoms with van der Waals surface area (Å²) >= 11 is 0. The summed E-state index contributed by atoms with van der Waals surface area (Å²) in [6.07, 6.45) is 3.10. The Labute approximate surface area is 135 Å². The van der Waals surface area contributed by atoms with Crippen molar-refractivity contribution in [3.05, 3.63) is 23.3 Å². The third kappa shape index (κ3) is 1.85. The monoisotopic (exact) mass is 315 g/mol. The molecule has 2 fully saturated rings. The lowest BCUT2D eigenvalue weighted by molar-refractivity contribution is -0.134. The van der Waals surface area contributed by atoms with E-state index in [1.807, 2.05) is 17.0 Å². The van der Waals surface area contributed by atoms with Gasteiger partial charge in [0.25, 0.3) is 0 Å². The second-order valence-electron chi connectivity index (χ2n) is 6.73. The predicted molar refractivity (Wildman–Crippen MR) is 83.6 cm³/mol. The lowest BCUT2D eigenvalue weighted by Crippen LogP contribution is -2.53. The van der Waals surface area contributed by atoms with E-state index in [4.69, 9.17) is 9.47 Å². The van der Waals surface area contributed by atoms with E-state index in [1.54, 1.807) is 14.2 Å². The first-order valence-corrected chi connectivity index (χ1v) is 8.17. The van der Waals surface area contributed by atoms with Crippen molar-refractivity contribution in [1.82, 2.24) is 4.90 Å². The van der Waals surface area contributed by atoms with Gasteiger partial charge in [-0.25, -0.2) is 0 Å². The Kier molecular flexibility index (Phi) is 3.15. The van der Waals surface area contributed by atoms with Crippen molar-refractivity contribution in [2.75, 3.05) is 20.8 Å². The summed E-state index contributed by atoms with van der Waals surface area (Å²) < 4.78 is 10.9. The Hall–Kier alpha value is -2.04. The van der Waals surface area contributed by atoms with Crippen molar-refractivity contribution in [3.63, 3.8) is 0 Å². The number of Topliss-reactive ketones (excluding diaryl/α,β-unsaturated/α-hetero) is 1. The van der Waals surface area contributed by atoms with Crippen molar-refractivity contribution >= 4 is 11.7 Å². The van der Waals surface area contributed by atoms with Crippen LogP contribution in [0.3, 0.4) is 0 Å². The summed E-state index contributed by atoms with van der Waals surface area (Å²) in [5, 5.41) is 0. The van der Waals surface area contributed by atoms with Gasteiger partial charge >= 0.3 is 0 Å². The van der Waals surface area contributed by atoms with Crippen LogP contribution >= 0.6 is 0 Å².